The molecular formula is C22H16N. The topological polar surface area (TPSA) is 3.24 Å². The van der Waals surface area contributed by atoms with E-state index in [0.29, 0.717) is 0 Å². The van der Waals surface area contributed by atoms with E-state index in [1.807, 2.05) is 24.3 Å². The van der Waals surface area contributed by atoms with Gasteiger partial charge in [0.25, 0.3) is 0 Å². The minimum atomic E-state index is 1.15. The van der Waals surface area contributed by atoms with Crippen LogP contribution in [0.3, 0.4) is 0 Å². The smallest absolute Gasteiger partial charge is 0.0468 e. The van der Waals surface area contributed by atoms with Crippen molar-refractivity contribution in [2.24, 2.45) is 0 Å². The van der Waals surface area contributed by atoms with Crippen molar-refractivity contribution in [1.29, 1.82) is 0 Å². The van der Waals surface area contributed by atoms with Crippen LogP contribution in [-0.4, -0.2) is 0 Å². The highest BCUT2D eigenvalue weighted by Gasteiger charge is 2.11. The first kappa shape index (κ1) is 13.6. The highest BCUT2D eigenvalue weighted by Crippen LogP contribution is 2.35. The second kappa shape index (κ2) is 5.98. The Bertz CT molecular complexity index is 874. The molecule has 0 atom stereocenters. The molecule has 4 rings (SSSR count). The Hall–Kier alpha value is -3.06. The van der Waals surface area contributed by atoms with Gasteiger partial charge in [-0.2, -0.15) is 0 Å². The first-order valence-corrected chi connectivity index (χ1v) is 7.72. The van der Waals surface area contributed by atoms with E-state index >= 15 is 0 Å². The highest BCUT2D eigenvalue weighted by atomic mass is 15.1. The van der Waals surface area contributed by atoms with Crippen LogP contribution in [0.25, 0.3) is 10.8 Å². The molecule has 0 aliphatic heterocycles. The fourth-order valence-corrected chi connectivity index (χ4v) is 2.85. The summed E-state index contributed by atoms with van der Waals surface area (Å²) in [7, 11) is 0. The summed E-state index contributed by atoms with van der Waals surface area (Å²) < 4.78 is 0. The Morgan fingerprint density at radius 1 is 0.565 bits per heavy atom. The minimum Gasteiger partial charge on any atom is -0.310 e. The van der Waals surface area contributed by atoms with Gasteiger partial charge in [0, 0.05) is 17.1 Å². The summed E-state index contributed by atoms with van der Waals surface area (Å²) in [5.41, 5.74) is 3.46. The fraction of sp³-hybridized carbons (Fsp3) is 0. The van der Waals surface area contributed by atoms with Crippen molar-refractivity contribution in [1.82, 2.24) is 0 Å². The number of hydrogen-bond acceptors (Lipinski definition) is 1. The SMILES string of the molecule is [c]1ccc2cc(N(c3ccccc3)c3ccccc3)ccc2c1. The van der Waals surface area contributed by atoms with Crippen LogP contribution in [0.4, 0.5) is 17.1 Å². The fourth-order valence-electron chi connectivity index (χ4n) is 2.85. The van der Waals surface area contributed by atoms with Crippen molar-refractivity contribution >= 4 is 27.8 Å². The maximum absolute atomic E-state index is 3.13. The van der Waals surface area contributed by atoms with Crippen molar-refractivity contribution < 1.29 is 0 Å². The number of rotatable bonds is 3. The van der Waals surface area contributed by atoms with Gasteiger partial charge in [-0.15, -0.1) is 0 Å². The lowest BCUT2D eigenvalue weighted by Gasteiger charge is -2.25. The summed E-state index contributed by atoms with van der Waals surface area (Å²) >= 11 is 0. The van der Waals surface area contributed by atoms with Crippen LogP contribution in [-0.2, 0) is 0 Å². The first-order valence-electron chi connectivity index (χ1n) is 7.72. The molecular weight excluding hydrogens is 278 g/mol. The van der Waals surface area contributed by atoms with E-state index in [0.717, 1.165) is 17.1 Å². The van der Waals surface area contributed by atoms with E-state index in [-0.39, 0.29) is 0 Å². The Balaban J connectivity index is 1.90. The van der Waals surface area contributed by atoms with Crippen LogP contribution in [0.15, 0.2) is 97.1 Å². The van der Waals surface area contributed by atoms with Crippen molar-refractivity contribution in [3.8, 4) is 0 Å². The Morgan fingerprint density at radius 2 is 1.22 bits per heavy atom. The summed E-state index contributed by atoms with van der Waals surface area (Å²) in [5.74, 6) is 0. The first-order chi connectivity index (χ1) is 11.4. The molecule has 1 nitrogen and oxygen atoms in total. The van der Waals surface area contributed by atoms with Crippen LogP contribution in [0.2, 0.25) is 0 Å². The van der Waals surface area contributed by atoms with E-state index in [9.17, 15) is 0 Å². The van der Waals surface area contributed by atoms with Crippen molar-refractivity contribution in [3.63, 3.8) is 0 Å². The molecule has 4 aromatic carbocycles. The normalized spacial score (nSPS) is 10.6. The molecule has 0 spiro atoms. The highest BCUT2D eigenvalue weighted by molar-refractivity contribution is 5.89. The monoisotopic (exact) mass is 294 g/mol. The molecule has 1 heteroatoms. The molecule has 0 saturated carbocycles. The average Bonchev–Trinajstić information content (AvgIpc) is 2.64. The molecule has 0 unspecified atom stereocenters. The molecule has 1 radical (unpaired) electrons. The summed E-state index contributed by atoms with van der Waals surface area (Å²) in [6, 6.07) is 36.7. The molecule has 0 aliphatic rings. The van der Waals surface area contributed by atoms with Gasteiger partial charge in [0.05, 0.1) is 0 Å². The van der Waals surface area contributed by atoms with Gasteiger partial charge in [-0.1, -0.05) is 54.6 Å². The maximum atomic E-state index is 3.13. The zero-order valence-corrected chi connectivity index (χ0v) is 12.7. The molecule has 0 aromatic heterocycles. The Kier molecular flexibility index (Phi) is 3.53. The van der Waals surface area contributed by atoms with Gasteiger partial charge in [-0.05, 0) is 59.3 Å². The standard InChI is InChI=1S/C22H16N/c1-3-11-20(12-4-1)23(21-13-5-2-6-14-21)22-16-15-18-9-7-8-10-19(18)17-22/h1-6,8-17H. The van der Waals surface area contributed by atoms with Gasteiger partial charge < -0.3 is 4.90 Å². The minimum absolute atomic E-state index is 1.15. The molecule has 0 bridgehead atoms. The number of nitrogens with zero attached hydrogens (tertiary/aromatic N) is 1. The van der Waals surface area contributed by atoms with Gasteiger partial charge in [0.2, 0.25) is 0 Å². The predicted octanol–water partition coefficient (Wildman–Crippen LogP) is 6.11. The van der Waals surface area contributed by atoms with Gasteiger partial charge in [-0.3, -0.25) is 0 Å². The van der Waals surface area contributed by atoms with Crippen LogP contribution >= 0.6 is 0 Å². The predicted molar refractivity (Wildman–Crippen MR) is 97.5 cm³/mol. The second-order valence-corrected chi connectivity index (χ2v) is 5.46. The molecule has 109 valence electrons. The summed E-state index contributed by atoms with van der Waals surface area (Å²) in [4.78, 5) is 2.27. The molecule has 0 fully saturated rings. The number of benzene rings is 4. The average molecular weight is 294 g/mol. The molecule has 0 amide bonds. The number of hydrogen-bond donors (Lipinski definition) is 0. The van der Waals surface area contributed by atoms with Gasteiger partial charge in [-0.25, -0.2) is 0 Å². The number of para-hydroxylation sites is 2. The lowest BCUT2D eigenvalue weighted by Crippen LogP contribution is -2.09. The third-order valence-corrected chi connectivity index (χ3v) is 3.96. The molecule has 23 heavy (non-hydrogen) atoms. The van der Waals surface area contributed by atoms with E-state index < -0.39 is 0 Å². The van der Waals surface area contributed by atoms with Crippen LogP contribution in [0.1, 0.15) is 0 Å². The molecule has 0 N–H and O–H groups in total. The van der Waals surface area contributed by atoms with Crippen molar-refractivity contribution in [2.45, 2.75) is 0 Å². The van der Waals surface area contributed by atoms with Gasteiger partial charge in [0.1, 0.15) is 0 Å². The van der Waals surface area contributed by atoms with E-state index in [4.69, 9.17) is 0 Å². The zero-order valence-electron chi connectivity index (χ0n) is 12.7. The molecule has 0 heterocycles. The summed E-state index contributed by atoms with van der Waals surface area (Å²) in [6.07, 6.45) is 0. The van der Waals surface area contributed by atoms with E-state index in [1.165, 1.54) is 10.8 Å². The van der Waals surface area contributed by atoms with Crippen LogP contribution in [0.5, 0.6) is 0 Å². The third-order valence-electron chi connectivity index (χ3n) is 3.96. The van der Waals surface area contributed by atoms with Crippen LogP contribution < -0.4 is 4.90 Å². The summed E-state index contributed by atoms with van der Waals surface area (Å²) in [5, 5.41) is 2.43. The van der Waals surface area contributed by atoms with E-state index in [1.54, 1.807) is 0 Å². The quantitative estimate of drug-likeness (QED) is 0.440. The van der Waals surface area contributed by atoms with Gasteiger partial charge >= 0.3 is 0 Å². The van der Waals surface area contributed by atoms with Crippen LogP contribution in [0, 0.1) is 6.07 Å². The zero-order chi connectivity index (χ0) is 15.5. The molecule has 0 aliphatic carbocycles. The lowest BCUT2D eigenvalue weighted by molar-refractivity contribution is 1.29. The van der Waals surface area contributed by atoms with E-state index in [2.05, 4.69) is 83.8 Å². The largest absolute Gasteiger partial charge is 0.310 e. The molecule has 4 aromatic rings. The van der Waals surface area contributed by atoms with Crippen molar-refractivity contribution in [3.05, 3.63) is 103 Å². The maximum Gasteiger partial charge on any atom is 0.0468 e. The third kappa shape index (κ3) is 2.69. The van der Waals surface area contributed by atoms with Crippen molar-refractivity contribution in [2.75, 3.05) is 4.90 Å². The number of fused-ring (bicyclic) bond motifs is 1. The number of anilines is 3. The molecule has 0 saturated heterocycles. The summed E-state index contributed by atoms with van der Waals surface area (Å²) in [6.45, 7) is 0. The van der Waals surface area contributed by atoms with Gasteiger partial charge in [0.15, 0.2) is 0 Å². The Morgan fingerprint density at radius 3 is 1.87 bits per heavy atom. The Labute approximate surface area is 136 Å². The second-order valence-electron chi connectivity index (χ2n) is 5.46. The lowest BCUT2D eigenvalue weighted by atomic mass is 10.1.